The topological polar surface area (TPSA) is 30.5 Å². The minimum Gasteiger partial charge on any atom is -0.493 e. The number of hydrogen-bond acceptors (Lipinski definition) is 3. The number of ether oxygens (including phenoxy) is 2. The summed E-state index contributed by atoms with van der Waals surface area (Å²) in [7, 11) is 1.72. The zero-order valence-electron chi connectivity index (χ0n) is 14.1. The average Bonchev–Trinajstić information content (AvgIpc) is 2.46. The van der Waals surface area contributed by atoms with E-state index in [2.05, 4.69) is 38.2 Å². The second-order valence-electron chi connectivity index (χ2n) is 5.64. The Balaban J connectivity index is 2.46. The van der Waals surface area contributed by atoms with Gasteiger partial charge in [-0.2, -0.15) is 0 Å². The fraction of sp³-hybridized carbons (Fsp3) is 0.667. The Morgan fingerprint density at radius 2 is 1.71 bits per heavy atom. The van der Waals surface area contributed by atoms with Crippen LogP contribution in [0.1, 0.15) is 49.3 Å². The summed E-state index contributed by atoms with van der Waals surface area (Å²) >= 11 is 0. The molecule has 0 aliphatic carbocycles. The van der Waals surface area contributed by atoms with Gasteiger partial charge in [0.2, 0.25) is 0 Å². The third-order valence-electron chi connectivity index (χ3n) is 3.58. The predicted octanol–water partition coefficient (Wildman–Crippen LogP) is 4.00. The number of benzene rings is 1. The van der Waals surface area contributed by atoms with Gasteiger partial charge in [0.15, 0.2) is 0 Å². The molecule has 120 valence electrons. The van der Waals surface area contributed by atoms with Crippen LogP contribution in [0.4, 0.5) is 0 Å². The molecule has 0 radical (unpaired) electrons. The zero-order chi connectivity index (χ0) is 15.5. The SMILES string of the molecule is CCCCCCOc1c(C)cc(CNCCOC)cc1C. The van der Waals surface area contributed by atoms with E-state index in [-0.39, 0.29) is 0 Å². The van der Waals surface area contributed by atoms with E-state index in [1.165, 1.54) is 36.0 Å². The molecular weight excluding hydrogens is 262 g/mol. The zero-order valence-corrected chi connectivity index (χ0v) is 14.1. The van der Waals surface area contributed by atoms with Crippen molar-refractivity contribution in [1.29, 1.82) is 0 Å². The van der Waals surface area contributed by atoms with Crippen molar-refractivity contribution in [1.82, 2.24) is 5.32 Å². The van der Waals surface area contributed by atoms with Crippen molar-refractivity contribution in [3.05, 3.63) is 28.8 Å². The van der Waals surface area contributed by atoms with Crippen LogP contribution in [0.15, 0.2) is 12.1 Å². The van der Waals surface area contributed by atoms with Gasteiger partial charge >= 0.3 is 0 Å². The van der Waals surface area contributed by atoms with Crippen molar-refractivity contribution in [3.63, 3.8) is 0 Å². The second-order valence-corrected chi connectivity index (χ2v) is 5.64. The molecule has 0 spiro atoms. The first-order valence-electron chi connectivity index (χ1n) is 8.11. The molecule has 1 aromatic carbocycles. The molecule has 3 nitrogen and oxygen atoms in total. The molecule has 0 heterocycles. The van der Waals surface area contributed by atoms with Gasteiger partial charge < -0.3 is 14.8 Å². The monoisotopic (exact) mass is 293 g/mol. The third kappa shape index (κ3) is 6.96. The van der Waals surface area contributed by atoms with Crippen LogP contribution >= 0.6 is 0 Å². The highest BCUT2D eigenvalue weighted by molar-refractivity contribution is 5.43. The van der Waals surface area contributed by atoms with Gasteiger partial charge in [-0.05, 0) is 37.0 Å². The standard InChI is InChI=1S/C18H31NO2/c1-5-6-7-8-10-21-18-15(2)12-17(13-16(18)3)14-19-9-11-20-4/h12-13,19H,5-11,14H2,1-4H3. The molecule has 0 saturated carbocycles. The van der Waals surface area contributed by atoms with Crippen LogP contribution < -0.4 is 10.1 Å². The maximum absolute atomic E-state index is 5.97. The molecule has 0 atom stereocenters. The van der Waals surface area contributed by atoms with E-state index in [9.17, 15) is 0 Å². The number of aryl methyl sites for hydroxylation is 2. The lowest BCUT2D eigenvalue weighted by Gasteiger charge is -2.14. The first-order valence-corrected chi connectivity index (χ1v) is 8.11. The van der Waals surface area contributed by atoms with Gasteiger partial charge in [0.1, 0.15) is 5.75 Å². The van der Waals surface area contributed by atoms with Gasteiger partial charge in [-0.15, -0.1) is 0 Å². The number of methoxy groups -OCH3 is 1. The average molecular weight is 293 g/mol. The molecule has 0 bridgehead atoms. The molecular formula is C18H31NO2. The Morgan fingerprint density at radius 1 is 1.00 bits per heavy atom. The molecule has 1 aromatic rings. The summed E-state index contributed by atoms with van der Waals surface area (Å²) in [6.07, 6.45) is 4.97. The molecule has 0 unspecified atom stereocenters. The Morgan fingerprint density at radius 3 is 2.33 bits per heavy atom. The van der Waals surface area contributed by atoms with Crippen molar-refractivity contribution < 1.29 is 9.47 Å². The number of unbranched alkanes of at least 4 members (excludes halogenated alkanes) is 3. The first kappa shape index (κ1) is 18.0. The van der Waals surface area contributed by atoms with E-state index in [4.69, 9.17) is 9.47 Å². The molecule has 0 fully saturated rings. The Labute approximate surface area is 130 Å². The first-order chi connectivity index (χ1) is 10.2. The molecule has 0 aliphatic heterocycles. The summed E-state index contributed by atoms with van der Waals surface area (Å²) in [4.78, 5) is 0. The van der Waals surface area contributed by atoms with Crippen molar-refractivity contribution in [2.75, 3.05) is 26.9 Å². The highest BCUT2D eigenvalue weighted by Crippen LogP contribution is 2.25. The quantitative estimate of drug-likeness (QED) is 0.626. The van der Waals surface area contributed by atoms with E-state index in [1.54, 1.807) is 7.11 Å². The summed E-state index contributed by atoms with van der Waals surface area (Å²) < 4.78 is 11.0. The maximum Gasteiger partial charge on any atom is 0.125 e. The lowest BCUT2D eigenvalue weighted by atomic mass is 10.1. The fourth-order valence-electron chi connectivity index (χ4n) is 2.48. The summed E-state index contributed by atoms with van der Waals surface area (Å²) in [6.45, 7) is 9.82. The number of hydrogen-bond donors (Lipinski definition) is 1. The summed E-state index contributed by atoms with van der Waals surface area (Å²) in [6, 6.07) is 4.43. The third-order valence-corrected chi connectivity index (χ3v) is 3.58. The van der Waals surface area contributed by atoms with Gasteiger partial charge in [0.25, 0.3) is 0 Å². The van der Waals surface area contributed by atoms with E-state index >= 15 is 0 Å². The minimum atomic E-state index is 0.747. The van der Waals surface area contributed by atoms with Crippen LogP contribution in [-0.4, -0.2) is 26.9 Å². The minimum absolute atomic E-state index is 0.747. The molecule has 0 saturated heterocycles. The van der Waals surface area contributed by atoms with Crippen LogP contribution in [0, 0.1) is 13.8 Å². The molecule has 0 aliphatic rings. The van der Waals surface area contributed by atoms with E-state index < -0.39 is 0 Å². The largest absolute Gasteiger partial charge is 0.493 e. The molecule has 1 rings (SSSR count). The smallest absolute Gasteiger partial charge is 0.125 e. The summed E-state index contributed by atoms with van der Waals surface area (Å²) in [5.74, 6) is 1.06. The van der Waals surface area contributed by atoms with E-state index in [0.29, 0.717) is 0 Å². The molecule has 0 aromatic heterocycles. The van der Waals surface area contributed by atoms with Crippen LogP contribution in [0.5, 0.6) is 5.75 Å². The Hall–Kier alpha value is -1.06. The van der Waals surface area contributed by atoms with Crippen molar-refractivity contribution in [2.45, 2.75) is 53.0 Å². The molecule has 0 amide bonds. The van der Waals surface area contributed by atoms with Crippen LogP contribution in [-0.2, 0) is 11.3 Å². The van der Waals surface area contributed by atoms with Crippen molar-refractivity contribution >= 4 is 0 Å². The number of nitrogens with one attached hydrogen (secondary N) is 1. The highest BCUT2D eigenvalue weighted by atomic mass is 16.5. The summed E-state index contributed by atoms with van der Waals surface area (Å²) in [5, 5.41) is 3.38. The van der Waals surface area contributed by atoms with Crippen molar-refractivity contribution in [3.8, 4) is 5.75 Å². The number of rotatable bonds is 11. The van der Waals surface area contributed by atoms with Gasteiger partial charge in [-0.1, -0.05) is 38.3 Å². The van der Waals surface area contributed by atoms with Crippen LogP contribution in [0.25, 0.3) is 0 Å². The molecule has 1 N–H and O–H groups in total. The summed E-state index contributed by atoms with van der Waals surface area (Å²) in [5.41, 5.74) is 3.77. The maximum atomic E-state index is 5.97. The molecule has 3 heteroatoms. The predicted molar refractivity (Wildman–Crippen MR) is 89.1 cm³/mol. The fourth-order valence-corrected chi connectivity index (χ4v) is 2.48. The van der Waals surface area contributed by atoms with E-state index in [0.717, 1.165) is 38.5 Å². The molecule has 21 heavy (non-hydrogen) atoms. The Kier molecular flexibility index (Phi) is 9.11. The van der Waals surface area contributed by atoms with E-state index in [1.807, 2.05) is 0 Å². The lowest BCUT2D eigenvalue weighted by molar-refractivity contribution is 0.199. The second kappa shape index (κ2) is 10.6. The van der Waals surface area contributed by atoms with Crippen LogP contribution in [0.2, 0.25) is 0 Å². The van der Waals surface area contributed by atoms with Gasteiger partial charge in [0.05, 0.1) is 13.2 Å². The normalized spacial score (nSPS) is 10.9. The van der Waals surface area contributed by atoms with Gasteiger partial charge in [-0.25, -0.2) is 0 Å². The highest BCUT2D eigenvalue weighted by Gasteiger charge is 2.06. The lowest BCUT2D eigenvalue weighted by Crippen LogP contribution is -2.18. The Bertz CT molecular complexity index is 381. The van der Waals surface area contributed by atoms with Crippen LogP contribution in [0.3, 0.4) is 0 Å². The van der Waals surface area contributed by atoms with Gasteiger partial charge in [0, 0.05) is 20.2 Å². The van der Waals surface area contributed by atoms with Gasteiger partial charge in [-0.3, -0.25) is 0 Å². The van der Waals surface area contributed by atoms with Crippen molar-refractivity contribution in [2.24, 2.45) is 0 Å².